The zero-order valence-corrected chi connectivity index (χ0v) is 13.2. The van der Waals surface area contributed by atoms with Gasteiger partial charge in [0.25, 0.3) is 0 Å². The molecule has 2 nitrogen and oxygen atoms in total. The maximum atomic E-state index is 12.6. The Bertz CT molecular complexity index is 473. The van der Waals surface area contributed by atoms with Gasteiger partial charge in [-0.3, -0.25) is 4.79 Å². The molecule has 0 saturated carbocycles. The summed E-state index contributed by atoms with van der Waals surface area (Å²) in [6, 6.07) is 8.24. The number of carbonyl (C=O) groups excluding carboxylic acids is 1. The molecule has 2 heterocycles. The molecule has 2 aromatic heterocycles. The number of hydrogen-bond donors (Lipinski definition) is 0. The van der Waals surface area contributed by atoms with Crippen molar-refractivity contribution in [2.75, 3.05) is 0 Å². The zero-order valence-electron chi connectivity index (χ0n) is 11.6. The lowest BCUT2D eigenvalue weighted by Gasteiger charge is -2.29. The number of carbonyl (C=O) groups is 1. The summed E-state index contributed by atoms with van der Waals surface area (Å²) < 4.78 is 0. The SMILES string of the molecule is CC(C)(C)C(=O)N(Cc1cccs1)Cc1cccs1. The van der Waals surface area contributed by atoms with E-state index in [1.807, 2.05) is 37.8 Å². The summed E-state index contributed by atoms with van der Waals surface area (Å²) >= 11 is 3.40. The first-order valence-corrected chi connectivity index (χ1v) is 8.07. The van der Waals surface area contributed by atoms with Crippen LogP contribution in [0.5, 0.6) is 0 Å². The molecule has 0 N–H and O–H groups in total. The van der Waals surface area contributed by atoms with Crippen LogP contribution in [-0.4, -0.2) is 10.8 Å². The van der Waals surface area contributed by atoms with Crippen LogP contribution in [0.2, 0.25) is 0 Å². The first kappa shape index (κ1) is 14.3. The van der Waals surface area contributed by atoms with Crippen molar-refractivity contribution in [3.05, 3.63) is 44.8 Å². The van der Waals surface area contributed by atoms with E-state index in [0.29, 0.717) is 13.1 Å². The summed E-state index contributed by atoms with van der Waals surface area (Å²) in [5.41, 5.74) is -0.339. The highest BCUT2D eigenvalue weighted by atomic mass is 32.1. The molecule has 0 aliphatic heterocycles. The van der Waals surface area contributed by atoms with Crippen LogP contribution in [0, 0.1) is 5.41 Å². The molecule has 0 fully saturated rings. The molecular weight excluding hydrogens is 274 g/mol. The summed E-state index contributed by atoms with van der Waals surface area (Å²) in [6.07, 6.45) is 0. The van der Waals surface area contributed by atoms with E-state index in [0.717, 1.165) is 0 Å². The lowest BCUT2D eigenvalue weighted by atomic mass is 9.94. The van der Waals surface area contributed by atoms with Crippen molar-refractivity contribution < 1.29 is 4.79 Å². The first-order chi connectivity index (χ1) is 8.97. The van der Waals surface area contributed by atoms with E-state index in [9.17, 15) is 4.79 Å². The van der Waals surface area contributed by atoms with Crippen molar-refractivity contribution >= 4 is 28.6 Å². The molecule has 102 valence electrons. The Morgan fingerprint density at radius 1 is 1.05 bits per heavy atom. The van der Waals surface area contributed by atoms with Crippen LogP contribution in [0.1, 0.15) is 30.5 Å². The monoisotopic (exact) mass is 293 g/mol. The fraction of sp³-hybridized carbons (Fsp3) is 0.400. The van der Waals surface area contributed by atoms with Crippen molar-refractivity contribution in [3.63, 3.8) is 0 Å². The second-order valence-electron chi connectivity index (χ2n) is 5.57. The third-order valence-electron chi connectivity index (χ3n) is 2.78. The van der Waals surface area contributed by atoms with E-state index < -0.39 is 0 Å². The number of nitrogens with zero attached hydrogens (tertiary/aromatic N) is 1. The van der Waals surface area contributed by atoms with Crippen LogP contribution in [-0.2, 0) is 17.9 Å². The minimum absolute atomic E-state index is 0.203. The predicted octanol–water partition coefficient (Wildman–Crippen LogP) is 4.38. The Hall–Kier alpha value is -1.13. The second-order valence-corrected chi connectivity index (χ2v) is 7.63. The molecule has 2 aromatic rings. The lowest BCUT2D eigenvalue weighted by Crippen LogP contribution is -2.38. The van der Waals surface area contributed by atoms with Crippen LogP contribution in [0.4, 0.5) is 0 Å². The highest BCUT2D eigenvalue weighted by Crippen LogP contribution is 2.23. The van der Waals surface area contributed by atoms with Gasteiger partial charge in [0.05, 0.1) is 13.1 Å². The number of rotatable bonds is 4. The zero-order chi connectivity index (χ0) is 13.9. The number of hydrogen-bond acceptors (Lipinski definition) is 3. The molecule has 0 atom stereocenters. The van der Waals surface area contributed by atoms with Gasteiger partial charge in [0.1, 0.15) is 0 Å². The molecule has 19 heavy (non-hydrogen) atoms. The van der Waals surface area contributed by atoms with Crippen LogP contribution < -0.4 is 0 Å². The molecule has 0 aromatic carbocycles. The van der Waals surface area contributed by atoms with E-state index in [4.69, 9.17) is 0 Å². The Balaban J connectivity index is 2.15. The summed E-state index contributed by atoms with van der Waals surface area (Å²) in [5.74, 6) is 0.203. The summed E-state index contributed by atoms with van der Waals surface area (Å²) in [7, 11) is 0. The summed E-state index contributed by atoms with van der Waals surface area (Å²) in [4.78, 5) is 17.0. The molecule has 0 aliphatic rings. The third kappa shape index (κ3) is 3.91. The quantitative estimate of drug-likeness (QED) is 0.819. The van der Waals surface area contributed by atoms with Crippen molar-refractivity contribution in [3.8, 4) is 0 Å². The largest absolute Gasteiger partial charge is 0.332 e. The van der Waals surface area contributed by atoms with Crippen LogP contribution >= 0.6 is 22.7 Å². The smallest absolute Gasteiger partial charge is 0.228 e. The van der Waals surface area contributed by atoms with Crippen molar-refractivity contribution in [1.82, 2.24) is 4.90 Å². The van der Waals surface area contributed by atoms with Gasteiger partial charge in [0, 0.05) is 15.2 Å². The lowest BCUT2D eigenvalue weighted by molar-refractivity contribution is -0.140. The van der Waals surface area contributed by atoms with Crippen molar-refractivity contribution in [2.45, 2.75) is 33.9 Å². The van der Waals surface area contributed by atoms with E-state index in [1.54, 1.807) is 22.7 Å². The molecule has 0 radical (unpaired) electrons. The fourth-order valence-electron chi connectivity index (χ4n) is 1.86. The van der Waals surface area contributed by atoms with Gasteiger partial charge in [-0.1, -0.05) is 32.9 Å². The van der Waals surface area contributed by atoms with Crippen LogP contribution in [0.15, 0.2) is 35.0 Å². The maximum absolute atomic E-state index is 12.6. The van der Waals surface area contributed by atoms with E-state index in [1.165, 1.54) is 9.75 Å². The Morgan fingerprint density at radius 3 is 1.84 bits per heavy atom. The normalized spacial score (nSPS) is 11.5. The second kappa shape index (κ2) is 5.88. The van der Waals surface area contributed by atoms with Gasteiger partial charge in [-0.25, -0.2) is 0 Å². The van der Waals surface area contributed by atoms with E-state index in [-0.39, 0.29) is 11.3 Å². The Kier molecular flexibility index (Phi) is 4.42. The molecule has 0 unspecified atom stereocenters. The van der Waals surface area contributed by atoms with Crippen LogP contribution in [0.25, 0.3) is 0 Å². The fourth-order valence-corrected chi connectivity index (χ4v) is 3.29. The van der Waals surface area contributed by atoms with Gasteiger partial charge < -0.3 is 4.90 Å². The van der Waals surface area contributed by atoms with Gasteiger partial charge in [-0.05, 0) is 22.9 Å². The minimum Gasteiger partial charge on any atom is -0.332 e. The highest BCUT2D eigenvalue weighted by Gasteiger charge is 2.27. The molecular formula is C15H19NOS2. The summed E-state index contributed by atoms with van der Waals surface area (Å²) in [6.45, 7) is 7.33. The molecule has 0 saturated heterocycles. The molecule has 0 aliphatic carbocycles. The van der Waals surface area contributed by atoms with Gasteiger partial charge in [0.2, 0.25) is 5.91 Å². The average molecular weight is 293 g/mol. The van der Waals surface area contributed by atoms with E-state index >= 15 is 0 Å². The number of amides is 1. The topological polar surface area (TPSA) is 20.3 Å². The minimum atomic E-state index is -0.339. The standard InChI is InChI=1S/C15H19NOS2/c1-15(2,3)14(17)16(10-12-6-4-8-18-12)11-13-7-5-9-19-13/h4-9H,10-11H2,1-3H3. The van der Waals surface area contributed by atoms with Crippen LogP contribution in [0.3, 0.4) is 0 Å². The van der Waals surface area contributed by atoms with Gasteiger partial charge in [0.15, 0.2) is 0 Å². The van der Waals surface area contributed by atoms with Gasteiger partial charge in [-0.15, -0.1) is 22.7 Å². The number of thiophene rings is 2. The molecule has 2 rings (SSSR count). The highest BCUT2D eigenvalue weighted by molar-refractivity contribution is 7.10. The van der Waals surface area contributed by atoms with Gasteiger partial charge >= 0.3 is 0 Å². The van der Waals surface area contributed by atoms with Crippen molar-refractivity contribution in [2.24, 2.45) is 5.41 Å². The first-order valence-electron chi connectivity index (χ1n) is 6.31. The van der Waals surface area contributed by atoms with Gasteiger partial charge in [-0.2, -0.15) is 0 Å². The Labute approximate surface area is 122 Å². The molecule has 4 heteroatoms. The van der Waals surface area contributed by atoms with Crippen molar-refractivity contribution in [1.29, 1.82) is 0 Å². The molecule has 1 amide bonds. The third-order valence-corrected chi connectivity index (χ3v) is 4.50. The predicted molar refractivity (Wildman–Crippen MR) is 82.3 cm³/mol. The maximum Gasteiger partial charge on any atom is 0.228 e. The Morgan fingerprint density at radius 2 is 1.53 bits per heavy atom. The molecule has 0 spiro atoms. The molecule has 0 bridgehead atoms. The summed E-state index contributed by atoms with van der Waals surface area (Å²) in [5, 5.41) is 4.11. The average Bonchev–Trinajstić information content (AvgIpc) is 2.98. The van der Waals surface area contributed by atoms with E-state index in [2.05, 4.69) is 22.9 Å².